The van der Waals surface area contributed by atoms with Crippen molar-refractivity contribution in [2.24, 2.45) is 7.05 Å². The molecule has 1 aromatic heterocycles. The molecule has 0 spiro atoms. The summed E-state index contributed by atoms with van der Waals surface area (Å²) >= 11 is 6.30. The van der Waals surface area contributed by atoms with Gasteiger partial charge in [-0.05, 0) is 24.6 Å². The van der Waals surface area contributed by atoms with E-state index >= 15 is 0 Å². The molecule has 2 aromatic carbocycles. The molecule has 0 fully saturated rings. The number of para-hydroxylation sites is 1. The number of hydrogen-bond acceptors (Lipinski definition) is 1. The van der Waals surface area contributed by atoms with Crippen LogP contribution in [-0.4, -0.2) is 4.57 Å². The van der Waals surface area contributed by atoms with E-state index in [1.807, 2.05) is 43.4 Å². The van der Waals surface area contributed by atoms with Gasteiger partial charge in [0.25, 0.3) is 0 Å². The van der Waals surface area contributed by atoms with Gasteiger partial charge >= 0.3 is 0 Å². The summed E-state index contributed by atoms with van der Waals surface area (Å²) in [6.45, 7) is 2.05. The summed E-state index contributed by atoms with van der Waals surface area (Å²) in [6, 6.07) is 18.2. The predicted molar refractivity (Wildman–Crippen MR) is 86.6 cm³/mol. The third-order valence-corrected chi connectivity index (χ3v) is 4.43. The number of aryl methyl sites for hydroxylation is 1. The molecule has 3 heteroatoms. The average Bonchev–Trinajstić information content (AvgIpc) is 2.75. The summed E-state index contributed by atoms with van der Waals surface area (Å²) in [7, 11) is 2.03. The van der Waals surface area contributed by atoms with E-state index in [9.17, 15) is 5.26 Å². The Balaban J connectivity index is 2.31. The highest BCUT2D eigenvalue weighted by Gasteiger charge is 2.23. The van der Waals surface area contributed by atoms with Crippen molar-refractivity contribution in [1.82, 2.24) is 4.57 Å². The number of rotatable bonds is 2. The average molecular weight is 295 g/mol. The largest absolute Gasteiger partial charge is 0.348 e. The van der Waals surface area contributed by atoms with Crippen LogP contribution in [0, 0.1) is 18.3 Å². The van der Waals surface area contributed by atoms with Gasteiger partial charge in [-0.3, -0.25) is 0 Å². The molecule has 0 radical (unpaired) electrons. The van der Waals surface area contributed by atoms with E-state index in [2.05, 4.69) is 29.7 Å². The maximum atomic E-state index is 9.73. The van der Waals surface area contributed by atoms with Crippen molar-refractivity contribution in [3.63, 3.8) is 0 Å². The molecule has 3 aromatic rings. The Morgan fingerprint density at radius 2 is 1.76 bits per heavy atom. The number of nitriles is 1. The third-order valence-electron chi connectivity index (χ3n) is 4.08. The number of aromatic nitrogens is 1. The van der Waals surface area contributed by atoms with E-state index in [4.69, 9.17) is 11.6 Å². The molecule has 0 bridgehead atoms. The summed E-state index contributed by atoms with van der Waals surface area (Å²) in [4.78, 5) is 0. The van der Waals surface area contributed by atoms with Crippen LogP contribution in [0.15, 0.2) is 48.5 Å². The fourth-order valence-electron chi connectivity index (χ4n) is 2.91. The van der Waals surface area contributed by atoms with Crippen LogP contribution >= 0.6 is 11.6 Å². The number of hydrogen-bond donors (Lipinski definition) is 0. The van der Waals surface area contributed by atoms with Crippen LogP contribution in [0.2, 0.25) is 5.02 Å². The van der Waals surface area contributed by atoms with Gasteiger partial charge in [0.2, 0.25) is 0 Å². The van der Waals surface area contributed by atoms with Crippen LogP contribution in [0.5, 0.6) is 0 Å². The second-order valence-electron chi connectivity index (χ2n) is 5.16. The van der Waals surface area contributed by atoms with Gasteiger partial charge in [-0.1, -0.05) is 48.0 Å². The molecule has 0 saturated heterocycles. The summed E-state index contributed by atoms with van der Waals surface area (Å²) < 4.78 is 2.13. The standard InChI is InChI=1S/C18H15ClN2/c1-12-18(14-8-4-6-10-17(14)21(12)2)15(11-20)13-7-3-5-9-16(13)19/h3-10,15H,1-2H3. The highest BCUT2D eigenvalue weighted by molar-refractivity contribution is 6.31. The quantitative estimate of drug-likeness (QED) is 0.667. The van der Waals surface area contributed by atoms with Crippen LogP contribution in [0.1, 0.15) is 22.7 Å². The smallest absolute Gasteiger partial charge is 0.1000 e. The second-order valence-corrected chi connectivity index (χ2v) is 5.57. The topological polar surface area (TPSA) is 28.7 Å². The van der Waals surface area contributed by atoms with Crippen LogP contribution in [0.4, 0.5) is 0 Å². The second kappa shape index (κ2) is 5.27. The summed E-state index contributed by atoms with van der Waals surface area (Å²) in [6.07, 6.45) is 0. The molecule has 0 aliphatic carbocycles. The van der Waals surface area contributed by atoms with Crippen molar-refractivity contribution in [2.45, 2.75) is 12.8 Å². The zero-order chi connectivity index (χ0) is 15.0. The lowest BCUT2D eigenvalue weighted by Crippen LogP contribution is -2.01. The van der Waals surface area contributed by atoms with Crippen molar-refractivity contribution in [2.75, 3.05) is 0 Å². The van der Waals surface area contributed by atoms with E-state index in [1.165, 1.54) is 0 Å². The first kappa shape index (κ1) is 13.7. The highest BCUT2D eigenvalue weighted by Crippen LogP contribution is 2.37. The zero-order valence-corrected chi connectivity index (χ0v) is 12.7. The molecule has 1 atom stereocenters. The first-order valence-corrected chi connectivity index (χ1v) is 7.21. The molecule has 0 aliphatic heterocycles. The van der Waals surface area contributed by atoms with Gasteiger partial charge in [-0.25, -0.2) is 0 Å². The fourth-order valence-corrected chi connectivity index (χ4v) is 3.16. The van der Waals surface area contributed by atoms with Gasteiger partial charge in [-0.15, -0.1) is 0 Å². The van der Waals surface area contributed by atoms with Crippen LogP contribution in [0.25, 0.3) is 10.9 Å². The third kappa shape index (κ3) is 2.11. The Morgan fingerprint density at radius 3 is 2.48 bits per heavy atom. The lowest BCUT2D eigenvalue weighted by molar-refractivity contribution is 0.890. The van der Waals surface area contributed by atoms with E-state index in [0.29, 0.717) is 5.02 Å². The molecule has 0 N–H and O–H groups in total. The Bertz CT molecular complexity index is 855. The van der Waals surface area contributed by atoms with Gasteiger partial charge in [0.05, 0.1) is 12.0 Å². The number of halogens is 1. The molecule has 3 rings (SSSR count). The monoisotopic (exact) mass is 294 g/mol. The van der Waals surface area contributed by atoms with Crippen LogP contribution in [0.3, 0.4) is 0 Å². The molecule has 0 aliphatic rings. The Kier molecular flexibility index (Phi) is 3.45. The lowest BCUT2D eigenvalue weighted by atomic mass is 9.90. The summed E-state index contributed by atoms with van der Waals surface area (Å²) in [5.74, 6) is -0.357. The van der Waals surface area contributed by atoms with Gasteiger partial charge in [-0.2, -0.15) is 5.26 Å². The molecule has 104 valence electrons. The molecular weight excluding hydrogens is 280 g/mol. The highest BCUT2D eigenvalue weighted by atomic mass is 35.5. The number of fused-ring (bicyclic) bond motifs is 1. The minimum absolute atomic E-state index is 0.357. The molecule has 1 heterocycles. The number of benzene rings is 2. The van der Waals surface area contributed by atoms with Crippen molar-refractivity contribution < 1.29 is 0 Å². The van der Waals surface area contributed by atoms with E-state index in [1.54, 1.807) is 0 Å². The van der Waals surface area contributed by atoms with E-state index in [-0.39, 0.29) is 5.92 Å². The van der Waals surface area contributed by atoms with Crippen molar-refractivity contribution in [3.05, 3.63) is 70.4 Å². The number of nitrogens with zero attached hydrogens (tertiary/aromatic N) is 2. The van der Waals surface area contributed by atoms with Crippen molar-refractivity contribution in [1.29, 1.82) is 5.26 Å². The minimum Gasteiger partial charge on any atom is -0.348 e. The Hall–Kier alpha value is -2.24. The maximum absolute atomic E-state index is 9.73. The predicted octanol–water partition coefficient (Wildman–Crippen LogP) is 4.80. The molecule has 0 amide bonds. The van der Waals surface area contributed by atoms with Gasteiger partial charge in [0.1, 0.15) is 0 Å². The van der Waals surface area contributed by atoms with Crippen LogP contribution < -0.4 is 0 Å². The van der Waals surface area contributed by atoms with Gasteiger partial charge < -0.3 is 4.57 Å². The van der Waals surface area contributed by atoms with Crippen molar-refractivity contribution in [3.8, 4) is 6.07 Å². The first-order valence-electron chi connectivity index (χ1n) is 6.83. The lowest BCUT2D eigenvalue weighted by Gasteiger charge is -2.12. The summed E-state index contributed by atoms with van der Waals surface area (Å²) in [5.41, 5.74) is 4.14. The zero-order valence-electron chi connectivity index (χ0n) is 12.0. The van der Waals surface area contributed by atoms with E-state index < -0.39 is 0 Å². The fraction of sp³-hybridized carbons (Fsp3) is 0.167. The maximum Gasteiger partial charge on any atom is 0.1000 e. The molecular formula is C18H15ClN2. The normalized spacial score (nSPS) is 12.3. The Morgan fingerprint density at radius 1 is 1.10 bits per heavy atom. The first-order chi connectivity index (χ1) is 10.1. The molecule has 21 heavy (non-hydrogen) atoms. The van der Waals surface area contributed by atoms with E-state index in [0.717, 1.165) is 27.7 Å². The van der Waals surface area contributed by atoms with Crippen LogP contribution in [-0.2, 0) is 7.05 Å². The molecule has 0 saturated carbocycles. The Labute approximate surface area is 129 Å². The molecule has 2 nitrogen and oxygen atoms in total. The van der Waals surface area contributed by atoms with Gasteiger partial charge in [0, 0.05) is 34.2 Å². The van der Waals surface area contributed by atoms with Crippen molar-refractivity contribution >= 4 is 22.5 Å². The van der Waals surface area contributed by atoms with Gasteiger partial charge in [0.15, 0.2) is 0 Å². The SMILES string of the molecule is Cc1c(C(C#N)c2ccccc2Cl)c2ccccc2n1C. The summed E-state index contributed by atoms with van der Waals surface area (Å²) in [5, 5.41) is 11.5. The molecule has 1 unspecified atom stereocenters. The minimum atomic E-state index is -0.357.